The van der Waals surface area contributed by atoms with Gasteiger partial charge in [0, 0.05) is 6.42 Å². The second kappa shape index (κ2) is 4.83. The molecule has 2 N–H and O–H groups in total. The molecule has 5 heteroatoms. The van der Waals surface area contributed by atoms with Crippen LogP contribution in [0.2, 0.25) is 0 Å². The van der Waals surface area contributed by atoms with E-state index in [1.165, 1.54) is 6.92 Å². The Balaban J connectivity index is 2.26. The van der Waals surface area contributed by atoms with Crippen LogP contribution in [-0.2, 0) is 11.2 Å². The van der Waals surface area contributed by atoms with E-state index in [2.05, 4.69) is 0 Å². The Morgan fingerprint density at radius 3 is 2.47 bits per heavy atom. The van der Waals surface area contributed by atoms with Crippen LogP contribution in [0.3, 0.4) is 0 Å². The molecule has 0 unspecified atom stereocenters. The molecule has 0 saturated carbocycles. The van der Waals surface area contributed by atoms with E-state index < -0.39 is 17.4 Å². The highest BCUT2D eigenvalue weighted by Gasteiger charge is 2.58. The first-order chi connectivity index (χ1) is 8.90. The van der Waals surface area contributed by atoms with Gasteiger partial charge in [-0.1, -0.05) is 30.3 Å². The number of aliphatic hydroxyl groups is 2. The predicted octanol–water partition coefficient (Wildman–Crippen LogP) is 1.14. The summed E-state index contributed by atoms with van der Waals surface area (Å²) < 4.78 is 5.36. The van der Waals surface area contributed by atoms with Crippen molar-refractivity contribution in [1.82, 2.24) is 4.90 Å². The van der Waals surface area contributed by atoms with Crippen molar-refractivity contribution in [2.45, 2.75) is 31.6 Å². The van der Waals surface area contributed by atoms with Crippen LogP contribution < -0.4 is 0 Å². The average molecular weight is 265 g/mol. The molecular formula is C14H19NO4. The Morgan fingerprint density at radius 1 is 1.26 bits per heavy atom. The Kier molecular flexibility index (Phi) is 3.52. The van der Waals surface area contributed by atoms with E-state index in [1.807, 2.05) is 30.3 Å². The highest BCUT2D eigenvalue weighted by Crippen LogP contribution is 2.39. The van der Waals surface area contributed by atoms with Gasteiger partial charge >= 0.3 is 6.09 Å². The van der Waals surface area contributed by atoms with Crippen molar-refractivity contribution in [3.8, 4) is 0 Å². The average Bonchev–Trinajstić information content (AvgIpc) is 2.51. The molecule has 5 nitrogen and oxygen atoms in total. The molecule has 1 fully saturated rings. The number of amides is 1. The molecule has 1 heterocycles. The van der Waals surface area contributed by atoms with Crippen LogP contribution in [0, 0.1) is 0 Å². The first-order valence-corrected chi connectivity index (χ1v) is 6.28. The maximum absolute atomic E-state index is 11.8. The smallest absolute Gasteiger partial charge is 0.412 e. The van der Waals surface area contributed by atoms with Gasteiger partial charge in [-0.15, -0.1) is 0 Å². The predicted molar refractivity (Wildman–Crippen MR) is 69.4 cm³/mol. The van der Waals surface area contributed by atoms with Crippen molar-refractivity contribution in [3.63, 3.8) is 0 Å². The summed E-state index contributed by atoms with van der Waals surface area (Å²) in [6.45, 7) is 3.08. The number of β-amino-alcohol motifs (C(OH)–C–C–N with tert-alkyl or cyclic N) is 1. The topological polar surface area (TPSA) is 70.0 Å². The van der Waals surface area contributed by atoms with Crippen LogP contribution in [0.4, 0.5) is 4.79 Å². The van der Waals surface area contributed by atoms with Gasteiger partial charge in [-0.3, -0.25) is 4.90 Å². The third kappa shape index (κ3) is 2.31. The van der Waals surface area contributed by atoms with Gasteiger partial charge in [-0.2, -0.15) is 0 Å². The zero-order valence-electron chi connectivity index (χ0n) is 11.2. The number of cyclic esters (lactones) is 1. The Morgan fingerprint density at radius 2 is 1.89 bits per heavy atom. The van der Waals surface area contributed by atoms with E-state index in [9.17, 15) is 9.90 Å². The van der Waals surface area contributed by atoms with Crippen LogP contribution in [0.15, 0.2) is 30.3 Å². The Hall–Kier alpha value is -1.59. The van der Waals surface area contributed by atoms with Gasteiger partial charge in [0.25, 0.3) is 0 Å². The number of benzene rings is 1. The molecule has 0 bridgehead atoms. The lowest BCUT2D eigenvalue weighted by Gasteiger charge is -2.37. The molecule has 19 heavy (non-hydrogen) atoms. The maximum atomic E-state index is 11.8. The summed E-state index contributed by atoms with van der Waals surface area (Å²) in [6, 6.07) is 9.54. The van der Waals surface area contributed by atoms with Gasteiger partial charge in [0.1, 0.15) is 0 Å². The van der Waals surface area contributed by atoms with Crippen molar-refractivity contribution in [3.05, 3.63) is 35.9 Å². The highest BCUT2D eigenvalue weighted by atomic mass is 16.6. The Labute approximate surface area is 112 Å². The third-order valence-corrected chi connectivity index (χ3v) is 3.77. The molecule has 1 aliphatic heterocycles. The van der Waals surface area contributed by atoms with E-state index in [0.29, 0.717) is 6.42 Å². The summed E-state index contributed by atoms with van der Waals surface area (Å²) >= 11 is 0. The molecule has 0 spiro atoms. The number of carbonyl (C=O) groups excluding carboxylic acids is 1. The second-order valence-electron chi connectivity index (χ2n) is 5.16. The fourth-order valence-corrected chi connectivity index (χ4v) is 2.41. The molecule has 0 aliphatic carbocycles. The molecule has 1 saturated heterocycles. The monoisotopic (exact) mass is 265 g/mol. The van der Waals surface area contributed by atoms with Crippen LogP contribution in [0.5, 0.6) is 0 Å². The molecule has 1 aliphatic rings. The van der Waals surface area contributed by atoms with E-state index >= 15 is 0 Å². The molecule has 1 aromatic carbocycles. The fourth-order valence-electron chi connectivity index (χ4n) is 2.41. The van der Waals surface area contributed by atoms with E-state index in [1.54, 1.807) is 6.92 Å². The summed E-state index contributed by atoms with van der Waals surface area (Å²) in [5, 5.41) is 19.6. The van der Waals surface area contributed by atoms with Gasteiger partial charge in [0.2, 0.25) is 0 Å². The van der Waals surface area contributed by atoms with E-state index in [4.69, 9.17) is 9.84 Å². The summed E-state index contributed by atoms with van der Waals surface area (Å²) in [5.41, 5.74) is -1.52. The molecule has 2 rings (SSSR count). The zero-order valence-corrected chi connectivity index (χ0v) is 11.2. The minimum Gasteiger partial charge on any atom is -0.438 e. The molecule has 1 amide bonds. The Bertz CT molecular complexity index is 460. The van der Waals surface area contributed by atoms with Crippen LogP contribution >= 0.6 is 0 Å². The van der Waals surface area contributed by atoms with Crippen molar-refractivity contribution in [2.24, 2.45) is 0 Å². The number of rotatable bonds is 4. The molecule has 2 atom stereocenters. The minimum atomic E-state index is -1.46. The van der Waals surface area contributed by atoms with E-state index in [0.717, 1.165) is 10.5 Å². The quantitative estimate of drug-likeness (QED) is 0.856. The summed E-state index contributed by atoms with van der Waals surface area (Å²) in [7, 11) is 0. The minimum absolute atomic E-state index is 0.0518. The van der Waals surface area contributed by atoms with Gasteiger partial charge in [0.15, 0.2) is 11.3 Å². The van der Waals surface area contributed by atoms with Gasteiger partial charge < -0.3 is 14.9 Å². The number of nitrogens with zero attached hydrogens (tertiary/aromatic N) is 1. The maximum Gasteiger partial charge on any atom is 0.412 e. The van der Waals surface area contributed by atoms with Gasteiger partial charge in [-0.25, -0.2) is 4.79 Å². The largest absolute Gasteiger partial charge is 0.438 e. The normalized spacial score (nSPS) is 30.5. The number of carbonyl (C=O) groups is 1. The van der Waals surface area contributed by atoms with Crippen LogP contribution in [-0.4, -0.2) is 45.7 Å². The SMILES string of the molecule is C[C@]1(Cc2ccccc2)OC(=O)N(CCO)[C@]1(C)O. The number of hydrogen-bond donors (Lipinski definition) is 2. The van der Waals surface area contributed by atoms with Crippen LogP contribution in [0.1, 0.15) is 19.4 Å². The van der Waals surface area contributed by atoms with E-state index in [-0.39, 0.29) is 13.2 Å². The molecular weight excluding hydrogens is 246 g/mol. The fraction of sp³-hybridized carbons (Fsp3) is 0.500. The summed E-state index contributed by atoms with van der Waals surface area (Å²) in [6.07, 6.45) is -0.188. The molecule has 104 valence electrons. The summed E-state index contributed by atoms with van der Waals surface area (Å²) in [5.74, 6) is 0. The first-order valence-electron chi connectivity index (χ1n) is 6.28. The standard InChI is InChI=1S/C14H19NO4/c1-13(10-11-6-4-3-5-7-11)14(2,18)15(8-9-16)12(17)19-13/h3-7,16,18H,8-10H2,1-2H3/t13-,14-/m1/s1. The van der Waals surface area contributed by atoms with Crippen molar-refractivity contribution < 1.29 is 19.7 Å². The van der Waals surface area contributed by atoms with Gasteiger partial charge in [-0.05, 0) is 19.4 Å². The third-order valence-electron chi connectivity index (χ3n) is 3.77. The lowest BCUT2D eigenvalue weighted by atomic mass is 9.87. The molecule has 0 aromatic heterocycles. The van der Waals surface area contributed by atoms with Crippen molar-refractivity contribution >= 4 is 6.09 Å². The number of ether oxygens (including phenoxy) is 1. The highest BCUT2D eigenvalue weighted by molar-refractivity contribution is 5.72. The zero-order chi connectivity index (χ0) is 14.1. The van der Waals surface area contributed by atoms with Gasteiger partial charge in [0.05, 0.1) is 13.2 Å². The summed E-state index contributed by atoms with van der Waals surface area (Å²) in [4.78, 5) is 13.0. The molecule has 1 aromatic rings. The molecule has 0 radical (unpaired) electrons. The first kappa shape index (κ1) is 13.8. The number of aliphatic hydroxyl groups excluding tert-OH is 1. The van der Waals surface area contributed by atoms with Crippen molar-refractivity contribution in [2.75, 3.05) is 13.2 Å². The lowest BCUT2D eigenvalue weighted by molar-refractivity contribution is -0.137. The second-order valence-corrected chi connectivity index (χ2v) is 5.16. The lowest BCUT2D eigenvalue weighted by Crippen LogP contribution is -2.56. The number of hydrogen-bond acceptors (Lipinski definition) is 4. The van der Waals surface area contributed by atoms with Crippen molar-refractivity contribution in [1.29, 1.82) is 0 Å². The van der Waals surface area contributed by atoms with Crippen LogP contribution in [0.25, 0.3) is 0 Å².